The summed E-state index contributed by atoms with van der Waals surface area (Å²) in [5, 5.41) is 1.60. The molecule has 0 aromatic heterocycles. The summed E-state index contributed by atoms with van der Waals surface area (Å²) in [7, 11) is 1.25. The molecule has 0 aliphatic heterocycles. The third-order valence-corrected chi connectivity index (χ3v) is 4.71. The first-order valence-electron chi connectivity index (χ1n) is 7.90. The molecule has 1 unspecified atom stereocenters. The Kier molecular flexibility index (Phi) is 6.32. The van der Waals surface area contributed by atoms with Crippen molar-refractivity contribution < 1.29 is 27.5 Å². The largest absolute Gasteiger partial charge is 0.467 e. The number of benzene rings is 1. The molecular weight excluding hydrogens is 359 g/mol. The smallest absolute Gasteiger partial charge is 0.416 e. The highest BCUT2D eigenvalue weighted by Crippen LogP contribution is 2.31. The molecule has 1 aromatic rings. The second-order valence-electron chi connectivity index (χ2n) is 6.07. The topological polar surface area (TPSA) is 55.4 Å². The van der Waals surface area contributed by atoms with Crippen LogP contribution in [-0.4, -0.2) is 30.4 Å². The minimum Gasteiger partial charge on any atom is -0.467 e. The van der Waals surface area contributed by atoms with Crippen LogP contribution in [0.3, 0.4) is 0 Å². The molecule has 0 spiro atoms. The number of carbonyl (C=O) groups excluding carboxylic acids is 2. The Hall–Kier alpha value is -1.76. The Bertz CT molecular complexity index is 615. The Balaban J connectivity index is 1.96. The first-order chi connectivity index (χ1) is 11.7. The first-order valence-corrected chi connectivity index (χ1v) is 8.34. The van der Waals surface area contributed by atoms with Gasteiger partial charge in [0.15, 0.2) is 0 Å². The Morgan fingerprint density at radius 1 is 1.28 bits per heavy atom. The molecule has 0 heterocycles. The number of alkyl halides is 4. The SMILES string of the molecule is COC(=O)[C@@H](NC(=O)C(Cl)Cc1ccc(C(F)(F)F)cc1)C1CCC1. The minimum atomic E-state index is -4.41. The maximum absolute atomic E-state index is 12.5. The number of hydrogen-bond donors (Lipinski definition) is 1. The number of carbonyl (C=O) groups is 2. The summed E-state index contributed by atoms with van der Waals surface area (Å²) in [4.78, 5) is 24.0. The van der Waals surface area contributed by atoms with Crippen molar-refractivity contribution in [3.05, 3.63) is 35.4 Å². The van der Waals surface area contributed by atoms with E-state index in [0.29, 0.717) is 5.56 Å². The number of esters is 1. The lowest BCUT2D eigenvalue weighted by Gasteiger charge is -2.32. The van der Waals surface area contributed by atoms with E-state index >= 15 is 0 Å². The molecular formula is C17H19ClF3NO3. The van der Waals surface area contributed by atoms with Crippen molar-refractivity contribution >= 4 is 23.5 Å². The van der Waals surface area contributed by atoms with Gasteiger partial charge in [0.25, 0.3) is 0 Å². The predicted octanol–water partition coefficient (Wildman–Crippen LogP) is 3.31. The fourth-order valence-electron chi connectivity index (χ4n) is 2.64. The van der Waals surface area contributed by atoms with Gasteiger partial charge in [-0.25, -0.2) is 4.79 Å². The molecule has 1 aliphatic rings. The lowest BCUT2D eigenvalue weighted by Crippen LogP contribution is -2.50. The van der Waals surface area contributed by atoms with Gasteiger partial charge in [0, 0.05) is 0 Å². The molecule has 138 valence electrons. The maximum atomic E-state index is 12.5. The molecule has 0 saturated heterocycles. The fraction of sp³-hybridized carbons (Fsp3) is 0.529. The molecule has 4 nitrogen and oxygen atoms in total. The normalized spacial score (nSPS) is 17.3. The molecule has 1 aliphatic carbocycles. The van der Waals surface area contributed by atoms with Gasteiger partial charge in [0.2, 0.25) is 5.91 Å². The van der Waals surface area contributed by atoms with Crippen molar-refractivity contribution in [2.24, 2.45) is 5.92 Å². The van der Waals surface area contributed by atoms with Crippen LogP contribution in [0.1, 0.15) is 30.4 Å². The standard InChI is InChI=1S/C17H19ClF3NO3/c1-25-16(24)14(11-3-2-4-11)22-15(23)13(18)9-10-5-7-12(8-6-10)17(19,20)21/h5-8,11,13-14H,2-4,9H2,1H3,(H,22,23)/t13?,14-/m0/s1. The Morgan fingerprint density at radius 3 is 2.32 bits per heavy atom. The number of rotatable bonds is 6. The van der Waals surface area contributed by atoms with Gasteiger partial charge in [-0.05, 0) is 42.9 Å². The van der Waals surface area contributed by atoms with Gasteiger partial charge in [-0.1, -0.05) is 18.6 Å². The first kappa shape index (κ1) is 19.6. The van der Waals surface area contributed by atoms with Crippen LogP contribution in [0.5, 0.6) is 0 Å². The monoisotopic (exact) mass is 377 g/mol. The third kappa shape index (κ3) is 5.11. The summed E-state index contributed by atoms with van der Waals surface area (Å²) in [6.07, 6.45) is -1.71. The van der Waals surface area contributed by atoms with E-state index in [1.54, 1.807) is 0 Å². The molecule has 8 heteroatoms. The zero-order chi connectivity index (χ0) is 18.6. The number of amides is 1. The highest BCUT2D eigenvalue weighted by Gasteiger charge is 2.35. The van der Waals surface area contributed by atoms with Gasteiger partial charge in [-0.2, -0.15) is 13.2 Å². The maximum Gasteiger partial charge on any atom is 0.416 e. The minimum absolute atomic E-state index is 0.0336. The molecule has 1 amide bonds. The number of halogens is 4. The van der Waals surface area contributed by atoms with Crippen molar-refractivity contribution in [1.29, 1.82) is 0 Å². The molecule has 2 atom stereocenters. The van der Waals surface area contributed by atoms with Gasteiger partial charge in [0.1, 0.15) is 11.4 Å². The van der Waals surface area contributed by atoms with E-state index in [-0.39, 0.29) is 12.3 Å². The van der Waals surface area contributed by atoms with Gasteiger partial charge in [0.05, 0.1) is 12.7 Å². The second kappa shape index (κ2) is 8.08. The van der Waals surface area contributed by atoms with Gasteiger partial charge >= 0.3 is 12.1 Å². The van der Waals surface area contributed by atoms with Crippen molar-refractivity contribution in [3.63, 3.8) is 0 Å². The number of nitrogens with one attached hydrogen (secondary N) is 1. The van der Waals surface area contributed by atoms with Crippen molar-refractivity contribution in [3.8, 4) is 0 Å². The fourth-order valence-corrected chi connectivity index (χ4v) is 2.88. The number of ether oxygens (including phenoxy) is 1. The molecule has 0 radical (unpaired) electrons. The predicted molar refractivity (Wildman–Crippen MR) is 86.1 cm³/mol. The number of methoxy groups -OCH3 is 1. The van der Waals surface area contributed by atoms with Crippen molar-refractivity contribution in [2.75, 3.05) is 7.11 Å². The summed E-state index contributed by atoms with van der Waals surface area (Å²) in [5.74, 6) is -1.02. The summed E-state index contributed by atoms with van der Waals surface area (Å²) < 4.78 is 42.3. The highest BCUT2D eigenvalue weighted by molar-refractivity contribution is 6.31. The Morgan fingerprint density at radius 2 is 1.88 bits per heavy atom. The van der Waals surface area contributed by atoms with Gasteiger partial charge < -0.3 is 10.1 Å². The van der Waals surface area contributed by atoms with Crippen LogP contribution in [0.4, 0.5) is 13.2 Å². The molecule has 1 saturated carbocycles. The van der Waals surface area contributed by atoms with E-state index < -0.39 is 35.0 Å². The van der Waals surface area contributed by atoms with Gasteiger partial charge in [-0.3, -0.25) is 4.79 Å². The molecule has 0 bridgehead atoms. The quantitative estimate of drug-likeness (QED) is 0.611. The summed E-state index contributed by atoms with van der Waals surface area (Å²) in [6, 6.07) is 3.73. The molecule has 1 aromatic carbocycles. The zero-order valence-corrected chi connectivity index (χ0v) is 14.4. The highest BCUT2D eigenvalue weighted by atomic mass is 35.5. The lowest BCUT2D eigenvalue weighted by atomic mass is 9.79. The van der Waals surface area contributed by atoms with Crippen molar-refractivity contribution in [2.45, 2.75) is 43.3 Å². The Labute approximate surface area is 148 Å². The lowest BCUT2D eigenvalue weighted by molar-refractivity contribution is -0.147. The summed E-state index contributed by atoms with van der Waals surface area (Å²) >= 11 is 6.07. The van der Waals surface area contributed by atoms with Crippen LogP contribution >= 0.6 is 11.6 Å². The molecule has 1 fully saturated rings. The van der Waals surface area contributed by atoms with Gasteiger partial charge in [-0.15, -0.1) is 11.6 Å². The number of hydrogen-bond acceptors (Lipinski definition) is 3. The van der Waals surface area contributed by atoms with Crippen LogP contribution in [-0.2, 0) is 26.9 Å². The average molecular weight is 378 g/mol. The molecule has 25 heavy (non-hydrogen) atoms. The molecule has 1 N–H and O–H groups in total. The van der Waals surface area contributed by atoms with Crippen LogP contribution < -0.4 is 5.32 Å². The van der Waals surface area contributed by atoms with E-state index in [2.05, 4.69) is 5.32 Å². The van der Waals surface area contributed by atoms with Crippen LogP contribution in [0.15, 0.2) is 24.3 Å². The van der Waals surface area contributed by atoms with Crippen LogP contribution in [0, 0.1) is 5.92 Å². The summed E-state index contributed by atoms with van der Waals surface area (Å²) in [6.45, 7) is 0. The molecule has 2 rings (SSSR count). The summed E-state index contributed by atoms with van der Waals surface area (Å²) in [5.41, 5.74) is -0.260. The van der Waals surface area contributed by atoms with E-state index in [1.807, 2.05) is 0 Å². The van der Waals surface area contributed by atoms with E-state index in [9.17, 15) is 22.8 Å². The van der Waals surface area contributed by atoms with Crippen LogP contribution in [0.25, 0.3) is 0 Å². The third-order valence-electron chi connectivity index (χ3n) is 4.35. The average Bonchev–Trinajstić information content (AvgIpc) is 2.51. The zero-order valence-electron chi connectivity index (χ0n) is 13.6. The van der Waals surface area contributed by atoms with E-state index in [0.717, 1.165) is 31.4 Å². The second-order valence-corrected chi connectivity index (χ2v) is 6.59. The van der Waals surface area contributed by atoms with E-state index in [4.69, 9.17) is 16.3 Å². The van der Waals surface area contributed by atoms with E-state index in [1.165, 1.54) is 19.2 Å². The van der Waals surface area contributed by atoms with Crippen molar-refractivity contribution in [1.82, 2.24) is 5.32 Å². The van der Waals surface area contributed by atoms with Crippen LogP contribution in [0.2, 0.25) is 0 Å².